The summed E-state index contributed by atoms with van der Waals surface area (Å²) >= 11 is 0. The highest BCUT2D eigenvalue weighted by Gasteiger charge is 2.25. The Morgan fingerprint density at radius 3 is 2.21 bits per heavy atom. The highest BCUT2D eigenvalue weighted by atomic mass is 28.3. The van der Waals surface area contributed by atoms with E-state index in [0.29, 0.717) is 0 Å². The summed E-state index contributed by atoms with van der Waals surface area (Å²) in [7, 11) is -1.18. The Labute approximate surface area is 118 Å². The van der Waals surface area contributed by atoms with Gasteiger partial charge in [-0.3, -0.25) is 0 Å². The molecule has 0 aromatic heterocycles. The lowest BCUT2D eigenvalue weighted by Crippen LogP contribution is -2.26. The van der Waals surface area contributed by atoms with Crippen molar-refractivity contribution in [1.82, 2.24) is 0 Å². The molecule has 0 bridgehead atoms. The van der Waals surface area contributed by atoms with Crippen LogP contribution in [0, 0.1) is 0 Å². The molecule has 0 spiro atoms. The topological polar surface area (TPSA) is 9.23 Å². The molecule has 0 saturated heterocycles. The summed E-state index contributed by atoms with van der Waals surface area (Å²) in [5.74, 6) is 0.984. The van der Waals surface area contributed by atoms with Crippen LogP contribution >= 0.6 is 0 Å². The second-order valence-electron chi connectivity index (χ2n) is 6.37. The summed E-state index contributed by atoms with van der Waals surface area (Å²) in [4.78, 5) is 0. The fourth-order valence-corrected chi connectivity index (χ4v) is 5.07. The first-order valence-corrected chi connectivity index (χ1v) is 11.0. The van der Waals surface area contributed by atoms with Crippen molar-refractivity contribution in [3.05, 3.63) is 35.0 Å². The van der Waals surface area contributed by atoms with Crippen LogP contribution in [0.4, 0.5) is 0 Å². The Morgan fingerprint density at radius 1 is 1.00 bits per heavy atom. The Kier molecular flexibility index (Phi) is 4.51. The van der Waals surface area contributed by atoms with Gasteiger partial charge in [0, 0.05) is 0 Å². The third kappa shape index (κ3) is 3.50. The maximum Gasteiger partial charge on any atom is 0.119 e. The van der Waals surface area contributed by atoms with Crippen LogP contribution in [0.1, 0.15) is 38.2 Å². The Balaban J connectivity index is 2.34. The van der Waals surface area contributed by atoms with E-state index >= 15 is 0 Å². The molecular formula is C17H26OSi. The van der Waals surface area contributed by atoms with Gasteiger partial charge in [0.15, 0.2) is 0 Å². The molecule has 0 atom stereocenters. The number of ether oxygens (including phenoxy) is 1. The maximum absolute atomic E-state index is 5.53. The summed E-state index contributed by atoms with van der Waals surface area (Å²) in [6, 6.07) is 8.71. The quantitative estimate of drug-likeness (QED) is 0.678. The van der Waals surface area contributed by atoms with Crippen molar-refractivity contribution in [2.24, 2.45) is 0 Å². The summed E-state index contributed by atoms with van der Waals surface area (Å²) in [5, 5.41) is 1.78. The molecule has 1 nitrogen and oxygen atoms in total. The van der Waals surface area contributed by atoms with Crippen LogP contribution in [0.3, 0.4) is 0 Å². The minimum absolute atomic E-state index is 0.738. The molecule has 1 aliphatic carbocycles. The van der Waals surface area contributed by atoms with Gasteiger partial charge in [-0.2, -0.15) is 0 Å². The second kappa shape index (κ2) is 5.95. The van der Waals surface area contributed by atoms with Gasteiger partial charge < -0.3 is 4.74 Å². The van der Waals surface area contributed by atoms with E-state index in [-0.39, 0.29) is 0 Å². The van der Waals surface area contributed by atoms with Gasteiger partial charge in [0.2, 0.25) is 0 Å². The Bertz CT molecular complexity index is 451. The molecule has 0 saturated carbocycles. The monoisotopic (exact) mass is 274 g/mol. The van der Waals surface area contributed by atoms with Crippen LogP contribution in [0.5, 0.6) is 5.75 Å². The van der Waals surface area contributed by atoms with E-state index in [2.05, 4.69) is 43.9 Å². The van der Waals surface area contributed by atoms with E-state index in [1.165, 1.54) is 31.2 Å². The van der Waals surface area contributed by atoms with Gasteiger partial charge in [0.1, 0.15) is 5.75 Å². The molecule has 0 unspecified atom stereocenters. The molecule has 1 aromatic carbocycles. The maximum atomic E-state index is 5.53. The van der Waals surface area contributed by atoms with Crippen LogP contribution < -0.4 is 4.74 Å². The standard InChI is InChI=1S/C17H26OSi/c1-5-18-15-12-10-14(11-13-15)16-8-6-7-9-17(16)19(2,3)4/h10-13H,5-9H2,1-4H3. The molecule has 104 valence electrons. The van der Waals surface area contributed by atoms with Crippen LogP contribution in [0.25, 0.3) is 5.57 Å². The largest absolute Gasteiger partial charge is 0.494 e. The first-order valence-electron chi connectivity index (χ1n) is 7.48. The van der Waals surface area contributed by atoms with Crippen molar-refractivity contribution in [3.63, 3.8) is 0 Å². The molecule has 0 heterocycles. The number of hydrogen-bond acceptors (Lipinski definition) is 1. The van der Waals surface area contributed by atoms with Gasteiger partial charge in [-0.25, -0.2) is 0 Å². The Hall–Kier alpha value is -1.02. The van der Waals surface area contributed by atoms with Crippen molar-refractivity contribution < 1.29 is 4.74 Å². The zero-order chi connectivity index (χ0) is 13.9. The minimum Gasteiger partial charge on any atom is -0.494 e. The second-order valence-corrected chi connectivity index (χ2v) is 11.5. The molecule has 2 rings (SSSR count). The van der Waals surface area contributed by atoms with Gasteiger partial charge in [0.05, 0.1) is 14.7 Å². The molecule has 0 radical (unpaired) electrons. The van der Waals surface area contributed by atoms with E-state index < -0.39 is 8.07 Å². The molecule has 0 N–H and O–H groups in total. The predicted octanol–water partition coefficient (Wildman–Crippen LogP) is 5.29. The van der Waals surface area contributed by atoms with Crippen molar-refractivity contribution in [2.75, 3.05) is 6.61 Å². The Morgan fingerprint density at radius 2 is 1.63 bits per heavy atom. The van der Waals surface area contributed by atoms with Crippen molar-refractivity contribution >= 4 is 13.6 Å². The SMILES string of the molecule is CCOc1ccc(C2=C([Si](C)(C)C)CCCC2)cc1. The summed E-state index contributed by atoms with van der Waals surface area (Å²) < 4.78 is 5.53. The highest BCUT2D eigenvalue weighted by Crippen LogP contribution is 2.37. The lowest BCUT2D eigenvalue weighted by Gasteiger charge is -2.29. The van der Waals surface area contributed by atoms with E-state index in [4.69, 9.17) is 4.74 Å². The van der Waals surface area contributed by atoms with E-state index in [9.17, 15) is 0 Å². The average molecular weight is 274 g/mol. The molecule has 0 aliphatic heterocycles. The van der Waals surface area contributed by atoms with Gasteiger partial charge in [-0.1, -0.05) is 37.0 Å². The van der Waals surface area contributed by atoms with E-state index in [1.807, 2.05) is 6.92 Å². The zero-order valence-corrected chi connectivity index (χ0v) is 13.8. The van der Waals surface area contributed by atoms with Crippen LogP contribution in [0.15, 0.2) is 29.5 Å². The lowest BCUT2D eigenvalue weighted by molar-refractivity contribution is 0.340. The molecule has 2 heteroatoms. The van der Waals surface area contributed by atoms with Gasteiger partial charge in [-0.15, -0.1) is 0 Å². The van der Waals surface area contributed by atoms with Gasteiger partial charge >= 0.3 is 0 Å². The van der Waals surface area contributed by atoms with E-state index in [0.717, 1.165) is 12.4 Å². The fraction of sp³-hybridized carbons (Fsp3) is 0.529. The van der Waals surface area contributed by atoms with Crippen molar-refractivity contribution in [3.8, 4) is 5.75 Å². The minimum atomic E-state index is -1.18. The molecule has 1 aliphatic rings. The van der Waals surface area contributed by atoms with Crippen molar-refractivity contribution in [1.29, 1.82) is 0 Å². The molecular weight excluding hydrogens is 248 g/mol. The van der Waals surface area contributed by atoms with Crippen LogP contribution in [-0.4, -0.2) is 14.7 Å². The fourth-order valence-electron chi connectivity index (χ4n) is 2.97. The molecule has 0 amide bonds. The first kappa shape index (κ1) is 14.4. The lowest BCUT2D eigenvalue weighted by atomic mass is 9.93. The predicted molar refractivity (Wildman–Crippen MR) is 86.3 cm³/mol. The smallest absolute Gasteiger partial charge is 0.119 e. The number of rotatable bonds is 4. The number of hydrogen-bond donors (Lipinski definition) is 0. The average Bonchev–Trinajstić information content (AvgIpc) is 2.39. The third-order valence-electron chi connectivity index (χ3n) is 3.89. The zero-order valence-electron chi connectivity index (χ0n) is 12.8. The van der Waals surface area contributed by atoms with Crippen molar-refractivity contribution in [2.45, 2.75) is 52.2 Å². The summed E-state index contributed by atoms with van der Waals surface area (Å²) in [6.07, 6.45) is 5.29. The molecule has 0 fully saturated rings. The third-order valence-corrected chi connectivity index (χ3v) is 6.25. The summed E-state index contributed by atoms with van der Waals surface area (Å²) in [6.45, 7) is 10.2. The van der Waals surface area contributed by atoms with Gasteiger partial charge in [0.25, 0.3) is 0 Å². The highest BCUT2D eigenvalue weighted by molar-refractivity contribution is 6.84. The molecule has 1 aromatic rings. The van der Waals surface area contributed by atoms with E-state index in [1.54, 1.807) is 10.8 Å². The first-order chi connectivity index (χ1) is 9.02. The normalized spacial score (nSPS) is 16.6. The van der Waals surface area contributed by atoms with Crippen LogP contribution in [0.2, 0.25) is 19.6 Å². The number of benzene rings is 1. The summed E-state index contributed by atoms with van der Waals surface area (Å²) in [5.41, 5.74) is 3.05. The van der Waals surface area contributed by atoms with Gasteiger partial charge in [-0.05, 0) is 55.9 Å². The molecule has 19 heavy (non-hydrogen) atoms. The number of allylic oxidation sites excluding steroid dienone is 2. The van der Waals surface area contributed by atoms with Crippen LogP contribution in [-0.2, 0) is 0 Å².